The van der Waals surface area contributed by atoms with Crippen molar-refractivity contribution in [3.05, 3.63) is 16.1 Å². The Morgan fingerprint density at radius 3 is 3.00 bits per heavy atom. The van der Waals surface area contributed by atoms with Crippen LogP contribution >= 0.6 is 22.9 Å². The van der Waals surface area contributed by atoms with E-state index in [0.29, 0.717) is 5.88 Å². The van der Waals surface area contributed by atoms with Crippen molar-refractivity contribution in [3.63, 3.8) is 0 Å². The minimum Gasteiger partial charge on any atom is -0.380 e. The van der Waals surface area contributed by atoms with Crippen LogP contribution in [-0.2, 0) is 17.2 Å². The van der Waals surface area contributed by atoms with E-state index in [9.17, 15) is 0 Å². The van der Waals surface area contributed by atoms with Gasteiger partial charge in [0, 0.05) is 18.5 Å². The van der Waals surface area contributed by atoms with Gasteiger partial charge in [-0.2, -0.15) is 0 Å². The van der Waals surface area contributed by atoms with Crippen molar-refractivity contribution >= 4 is 22.9 Å². The van der Waals surface area contributed by atoms with Crippen molar-refractivity contribution < 1.29 is 4.74 Å². The largest absolute Gasteiger partial charge is 0.380 e. The standard InChI is InChI=1S/C10H17ClN2OS/c1-3-14-5-4-13(2)7-10-12-9(6-11)8-15-10/h8H,3-7H2,1-2H3. The molecule has 0 N–H and O–H groups in total. The summed E-state index contributed by atoms with van der Waals surface area (Å²) in [5, 5.41) is 3.13. The summed E-state index contributed by atoms with van der Waals surface area (Å²) >= 11 is 7.35. The number of rotatable bonds is 7. The monoisotopic (exact) mass is 248 g/mol. The molecule has 0 saturated carbocycles. The molecule has 0 radical (unpaired) electrons. The van der Waals surface area contributed by atoms with E-state index in [-0.39, 0.29) is 0 Å². The molecule has 0 fully saturated rings. The highest BCUT2D eigenvalue weighted by Crippen LogP contribution is 2.12. The Bertz CT molecular complexity index is 280. The predicted octanol–water partition coefficient (Wildman–Crippen LogP) is 2.35. The van der Waals surface area contributed by atoms with E-state index in [1.165, 1.54) is 0 Å². The van der Waals surface area contributed by atoms with E-state index in [1.54, 1.807) is 11.3 Å². The summed E-state index contributed by atoms with van der Waals surface area (Å²) in [6.07, 6.45) is 0. The van der Waals surface area contributed by atoms with Crippen LogP contribution in [0.4, 0.5) is 0 Å². The zero-order chi connectivity index (χ0) is 11.1. The first kappa shape index (κ1) is 12.9. The molecule has 0 unspecified atom stereocenters. The quantitative estimate of drug-likeness (QED) is 0.547. The van der Waals surface area contributed by atoms with E-state index >= 15 is 0 Å². The Hall–Kier alpha value is -0.160. The molecule has 0 bridgehead atoms. The van der Waals surface area contributed by atoms with Crippen molar-refractivity contribution in [1.29, 1.82) is 0 Å². The summed E-state index contributed by atoms with van der Waals surface area (Å²) in [5.74, 6) is 0.499. The van der Waals surface area contributed by atoms with Crippen LogP contribution < -0.4 is 0 Å². The lowest BCUT2D eigenvalue weighted by molar-refractivity contribution is 0.120. The zero-order valence-electron chi connectivity index (χ0n) is 9.20. The van der Waals surface area contributed by atoms with Gasteiger partial charge >= 0.3 is 0 Å². The molecule has 3 nitrogen and oxygen atoms in total. The zero-order valence-corrected chi connectivity index (χ0v) is 10.8. The lowest BCUT2D eigenvalue weighted by Crippen LogP contribution is -2.22. The lowest BCUT2D eigenvalue weighted by atomic mass is 10.5. The topological polar surface area (TPSA) is 25.4 Å². The number of likely N-dealkylation sites (N-methyl/N-ethyl adjacent to an activating group) is 1. The normalized spacial score (nSPS) is 11.2. The summed E-state index contributed by atoms with van der Waals surface area (Å²) in [6.45, 7) is 5.37. The average Bonchev–Trinajstić information content (AvgIpc) is 2.66. The second-order valence-electron chi connectivity index (χ2n) is 3.30. The summed E-state index contributed by atoms with van der Waals surface area (Å²) in [7, 11) is 2.07. The molecule has 86 valence electrons. The van der Waals surface area contributed by atoms with Gasteiger partial charge < -0.3 is 4.74 Å². The Morgan fingerprint density at radius 1 is 1.60 bits per heavy atom. The lowest BCUT2D eigenvalue weighted by Gasteiger charge is -2.14. The van der Waals surface area contributed by atoms with Gasteiger partial charge in [0.05, 0.1) is 24.7 Å². The van der Waals surface area contributed by atoms with Crippen molar-refractivity contribution in [2.75, 3.05) is 26.8 Å². The van der Waals surface area contributed by atoms with E-state index in [0.717, 1.165) is 37.0 Å². The molecule has 1 heterocycles. The van der Waals surface area contributed by atoms with Crippen LogP contribution in [0.2, 0.25) is 0 Å². The predicted molar refractivity (Wildman–Crippen MR) is 64.5 cm³/mol. The number of aromatic nitrogens is 1. The highest BCUT2D eigenvalue weighted by Gasteiger charge is 2.04. The molecule has 0 atom stereocenters. The van der Waals surface area contributed by atoms with E-state index in [4.69, 9.17) is 16.3 Å². The molecular weight excluding hydrogens is 232 g/mol. The molecule has 1 rings (SSSR count). The molecule has 0 saturated heterocycles. The molecule has 1 aromatic heterocycles. The molecule has 15 heavy (non-hydrogen) atoms. The Kier molecular flexibility index (Phi) is 6.17. The third-order valence-corrected chi connectivity index (χ3v) is 3.12. The third kappa shape index (κ3) is 4.93. The summed E-state index contributed by atoms with van der Waals surface area (Å²) in [5.41, 5.74) is 0.967. The van der Waals surface area contributed by atoms with Gasteiger partial charge in [-0.1, -0.05) is 0 Å². The van der Waals surface area contributed by atoms with Gasteiger partial charge in [-0.25, -0.2) is 4.98 Å². The number of halogens is 1. The fourth-order valence-electron chi connectivity index (χ4n) is 1.16. The van der Waals surface area contributed by atoms with E-state index < -0.39 is 0 Å². The van der Waals surface area contributed by atoms with Crippen molar-refractivity contribution in [2.45, 2.75) is 19.3 Å². The second-order valence-corrected chi connectivity index (χ2v) is 4.51. The maximum Gasteiger partial charge on any atom is 0.107 e. The van der Waals surface area contributed by atoms with Crippen LogP contribution in [0.5, 0.6) is 0 Å². The SMILES string of the molecule is CCOCCN(C)Cc1nc(CCl)cs1. The fraction of sp³-hybridized carbons (Fsp3) is 0.700. The maximum absolute atomic E-state index is 5.69. The van der Waals surface area contributed by atoms with Crippen molar-refractivity contribution in [2.24, 2.45) is 0 Å². The molecule has 0 amide bonds. The average molecular weight is 249 g/mol. The second kappa shape index (κ2) is 7.17. The van der Waals surface area contributed by atoms with Crippen LogP contribution in [0.3, 0.4) is 0 Å². The first-order valence-corrected chi connectivity index (χ1v) is 6.43. The summed E-state index contributed by atoms with van der Waals surface area (Å²) in [4.78, 5) is 6.60. The molecule has 1 aromatic rings. The molecule has 0 spiro atoms. The highest BCUT2D eigenvalue weighted by atomic mass is 35.5. The molecule has 5 heteroatoms. The van der Waals surface area contributed by atoms with Gasteiger partial charge in [-0.3, -0.25) is 4.90 Å². The first-order chi connectivity index (χ1) is 7.26. The van der Waals surface area contributed by atoms with Gasteiger partial charge in [-0.15, -0.1) is 22.9 Å². The molecule has 0 aliphatic carbocycles. The fourth-order valence-corrected chi connectivity index (χ4v) is 2.26. The highest BCUT2D eigenvalue weighted by molar-refractivity contribution is 7.09. The van der Waals surface area contributed by atoms with Crippen molar-refractivity contribution in [1.82, 2.24) is 9.88 Å². The number of alkyl halides is 1. The van der Waals surface area contributed by atoms with Gasteiger partial charge in [0.25, 0.3) is 0 Å². The van der Waals surface area contributed by atoms with Crippen LogP contribution in [0.25, 0.3) is 0 Å². The summed E-state index contributed by atoms with van der Waals surface area (Å²) in [6, 6.07) is 0. The Labute approximate surface area is 100 Å². The first-order valence-electron chi connectivity index (χ1n) is 5.01. The Morgan fingerprint density at radius 2 is 2.40 bits per heavy atom. The molecule has 0 aromatic carbocycles. The number of thiazole rings is 1. The molecule has 0 aliphatic heterocycles. The van der Waals surface area contributed by atoms with Crippen LogP contribution in [0, 0.1) is 0 Å². The third-order valence-electron chi connectivity index (χ3n) is 1.96. The van der Waals surface area contributed by atoms with Gasteiger partial charge in [0.15, 0.2) is 0 Å². The van der Waals surface area contributed by atoms with E-state index in [1.807, 2.05) is 12.3 Å². The maximum atomic E-state index is 5.69. The Balaban J connectivity index is 2.27. The number of ether oxygens (including phenoxy) is 1. The molecular formula is C10H17ClN2OS. The summed E-state index contributed by atoms with van der Waals surface area (Å²) < 4.78 is 5.29. The number of nitrogens with zero attached hydrogens (tertiary/aromatic N) is 2. The number of hydrogen-bond donors (Lipinski definition) is 0. The van der Waals surface area contributed by atoms with Gasteiger partial charge in [0.1, 0.15) is 5.01 Å². The van der Waals surface area contributed by atoms with E-state index in [2.05, 4.69) is 16.9 Å². The van der Waals surface area contributed by atoms with Crippen molar-refractivity contribution in [3.8, 4) is 0 Å². The minimum atomic E-state index is 0.499. The van der Waals surface area contributed by atoms with Gasteiger partial charge in [0.2, 0.25) is 0 Å². The van der Waals surface area contributed by atoms with Gasteiger partial charge in [-0.05, 0) is 14.0 Å². The molecule has 0 aliphatic rings. The number of hydrogen-bond acceptors (Lipinski definition) is 4. The van der Waals surface area contributed by atoms with Crippen LogP contribution in [0.15, 0.2) is 5.38 Å². The van der Waals surface area contributed by atoms with Crippen LogP contribution in [-0.4, -0.2) is 36.7 Å². The minimum absolute atomic E-state index is 0.499. The smallest absolute Gasteiger partial charge is 0.107 e. The van der Waals surface area contributed by atoms with Crippen LogP contribution in [0.1, 0.15) is 17.6 Å².